The van der Waals surface area contributed by atoms with Crippen molar-refractivity contribution in [1.29, 1.82) is 0 Å². The van der Waals surface area contributed by atoms with Gasteiger partial charge in [-0.05, 0) is 55.3 Å². The number of anilines is 1. The van der Waals surface area contributed by atoms with Gasteiger partial charge in [0.15, 0.2) is 0 Å². The fourth-order valence-electron chi connectivity index (χ4n) is 2.18. The standard InChI is InChI=1S/C18H22N2O3S/c1-4-23-15-7-10-17(13(2)11-15)20-18(21)19-12-14-5-8-16(9-6-14)24(3)22/h5-11H,4,12H2,1-3H3,(H2,19,20,21)/t24-/m1/s1. The van der Waals surface area contributed by atoms with Gasteiger partial charge in [0.2, 0.25) is 0 Å². The highest BCUT2D eigenvalue weighted by atomic mass is 32.2. The van der Waals surface area contributed by atoms with E-state index in [0.717, 1.165) is 27.5 Å². The van der Waals surface area contributed by atoms with Gasteiger partial charge >= 0.3 is 6.03 Å². The molecule has 5 nitrogen and oxygen atoms in total. The van der Waals surface area contributed by atoms with Crippen molar-refractivity contribution >= 4 is 22.5 Å². The zero-order valence-corrected chi connectivity index (χ0v) is 14.9. The lowest BCUT2D eigenvalue weighted by atomic mass is 10.2. The second-order valence-corrected chi connectivity index (χ2v) is 6.70. The smallest absolute Gasteiger partial charge is 0.319 e. The molecule has 2 aromatic rings. The minimum absolute atomic E-state index is 0.273. The van der Waals surface area contributed by atoms with E-state index < -0.39 is 10.8 Å². The van der Waals surface area contributed by atoms with Crippen LogP contribution < -0.4 is 15.4 Å². The molecule has 0 aliphatic heterocycles. The molecule has 0 aromatic heterocycles. The summed E-state index contributed by atoms with van der Waals surface area (Å²) in [7, 11) is -0.993. The SMILES string of the molecule is CCOc1ccc(NC(=O)NCc2ccc([S@@](C)=O)cc2)c(C)c1. The third-order valence-electron chi connectivity index (χ3n) is 3.47. The molecule has 0 unspecified atom stereocenters. The lowest BCUT2D eigenvalue weighted by Crippen LogP contribution is -2.28. The Labute approximate surface area is 144 Å². The third-order valence-corrected chi connectivity index (χ3v) is 4.40. The Hall–Kier alpha value is -2.34. The zero-order valence-electron chi connectivity index (χ0n) is 14.1. The number of ether oxygens (including phenoxy) is 1. The van der Waals surface area contributed by atoms with Crippen LogP contribution in [0.4, 0.5) is 10.5 Å². The van der Waals surface area contributed by atoms with Crippen LogP contribution in [-0.4, -0.2) is 23.1 Å². The molecule has 24 heavy (non-hydrogen) atoms. The van der Waals surface area contributed by atoms with E-state index in [0.29, 0.717) is 13.2 Å². The van der Waals surface area contributed by atoms with E-state index >= 15 is 0 Å². The summed E-state index contributed by atoms with van der Waals surface area (Å²) in [6.07, 6.45) is 1.64. The number of hydrogen-bond acceptors (Lipinski definition) is 3. The summed E-state index contributed by atoms with van der Waals surface area (Å²) in [4.78, 5) is 12.8. The maximum Gasteiger partial charge on any atom is 0.319 e. The molecule has 2 rings (SSSR count). The third kappa shape index (κ3) is 5.09. The van der Waals surface area contributed by atoms with E-state index in [1.807, 2.05) is 56.3 Å². The van der Waals surface area contributed by atoms with Crippen LogP contribution in [0.1, 0.15) is 18.1 Å². The molecule has 0 radical (unpaired) electrons. The molecule has 0 saturated heterocycles. The topological polar surface area (TPSA) is 67.4 Å². The number of benzene rings is 2. The lowest BCUT2D eigenvalue weighted by molar-refractivity contribution is 0.251. The minimum Gasteiger partial charge on any atom is -0.494 e. The van der Waals surface area contributed by atoms with Crippen molar-refractivity contribution < 1.29 is 13.7 Å². The summed E-state index contributed by atoms with van der Waals surface area (Å²) in [6, 6.07) is 12.6. The first-order chi connectivity index (χ1) is 11.5. The van der Waals surface area contributed by atoms with E-state index in [1.54, 1.807) is 6.26 Å². The van der Waals surface area contributed by atoms with Gasteiger partial charge in [-0.25, -0.2) is 4.79 Å². The second kappa shape index (κ2) is 8.49. The summed E-state index contributed by atoms with van der Waals surface area (Å²) in [5, 5.41) is 5.63. The minimum atomic E-state index is -0.993. The quantitative estimate of drug-likeness (QED) is 0.842. The molecule has 0 bridgehead atoms. The highest BCUT2D eigenvalue weighted by Gasteiger charge is 2.06. The van der Waals surface area contributed by atoms with Crippen LogP contribution in [0.25, 0.3) is 0 Å². The fraction of sp³-hybridized carbons (Fsp3) is 0.278. The van der Waals surface area contributed by atoms with Crippen LogP contribution >= 0.6 is 0 Å². The van der Waals surface area contributed by atoms with Crippen molar-refractivity contribution in [2.24, 2.45) is 0 Å². The van der Waals surface area contributed by atoms with Crippen LogP contribution in [0.15, 0.2) is 47.4 Å². The fourth-order valence-corrected chi connectivity index (χ4v) is 2.70. The Kier molecular flexibility index (Phi) is 6.37. The molecule has 0 saturated carbocycles. The van der Waals surface area contributed by atoms with E-state index in [-0.39, 0.29) is 6.03 Å². The number of rotatable bonds is 6. The molecule has 6 heteroatoms. The first-order valence-corrected chi connectivity index (χ1v) is 9.26. The molecule has 0 fully saturated rings. The average Bonchev–Trinajstić information content (AvgIpc) is 2.56. The Morgan fingerprint density at radius 1 is 1.17 bits per heavy atom. The van der Waals surface area contributed by atoms with Gasteiger partial charge in [-0.2, -0.15) is 0 Å². The van der Waals surface area contributed by atoms with Gasteiger partial charge in [0.05, 0.1) is 6.61 Å². The summed E-state index contributed by atoms with van der Waals surface area (Å²) in [5.41, 5.74) is 2.63. The number of aryl methyl sites for hydroxylation is 1. The number of carbonyl (C=O) groups is 1. The van der Waals surface area contributed by atoms with Gasteiger partial charge in [-0.3, -0.25) is 4.21 Å². The van der Waals surface area contributed by atoms with Crippen LogP contribution in [-0.2, 0) is 17.3 Å². The van der Waals surface area contributed by atoms with Crippen LogP contribution in [0.3, 0.4) is 0 Å². The van der Waals surface area contributed by atoms with Crippen LogP contribution in [0.2, 0.25) is 0 Å². The van der Waals surface area contributed by atoms with E-state index in [4.69, 9.17) is 4.74 Å². The normalized spacial score (nSPS) is 11.6. The number of nitrogens with one attached hydrogen (secondary N) is 2. The van der Waals surface area contributed by atoms with Gasteiger partial charge in [0, 0.05) is 34.2 Å². The molecule has 2 aromatic carbocycles. The van der Waals surface area contributed by atoms with Gasteiger partial charge < -0.3 is 15.4 Å². The number of hydrogen-bond donors (Lipinski definition) is 2. The summed E-state index contributed by atoms with van der Waals surface area (Å²) >= 11 is 0. The molecule has 2 N–H and O–H groups in total. The van der Waals surface area contributed by atoms with Gasteiger partial charge in [-0.1, -0.05) is 12.1 Å². The van der Waals surface area contributed by atoms with Crippen molar-refractivity contribution in [1.82, 2.24) is 5.32 Å². The van der Waals surface area contributed by atoms with Crippen molar-refractivity contribution in [2.45, 2.75) is 25.3 Å². The number of urea groups is 1. The largest absolute Gasteiger partial charge is 0.494 e. The Morgan fingerprint density at radius 3 is 2.46 bits per heavy atom. The average molecular weight is 346 g/mol. The molecular formula is C18H22N2O3S. The van der Waals surface area contributed by atoms with Gasteiger partial charge in [0.25, 0.3) is 0 Å². The van der Waals surface area contributed by atoms with E-state index in [2.05, 4.69) is 10.6 Å². The second-order valence-electron chi connectivity index (χ2n) is 5.32. The van der Waals surface area contributed by atoms with Crippen molar-refractivity contribution in [3.8, 4) is 5.75 Å². The molecule has 0 spiro atoms. The van der Waals surface area contributed by atoms with E-state index in [1.165, 1.54) is 0 Å². The Balaban J connectivity index is 1.90. The Morgan fingerprint density at radius 2 is 1.88 bits per heavy atom. The maximum absolute atomic E-state index is 12.0. The van der Waals surface area contributed by atoms with Crippen molar-refractivity contribution in [2.75, 3.05) is 18.2 Å². The molecule has 0 aliphatic carbocycles. The molecule has 0 aliphatic rings. The number of carbonyl (C=O) groups excluding carboxylic acids is 1. The van der Waals surface area contributed by atoms with Crippen LogP contribution in [0.5, 0.6) is 5.75 Å². The monoisotopic (exact) mass is 346 g/mol. The first-order valence-electron chi connectivity index (χ1n) is 7.70. The maximum atomic E-state index is 12.0. The Bertz CT molecular complexity index is 730. The molecule has 1 atom stereocenters. The molecule has 0 heterocycles. The molecule has 128 valence electrons. The predicted molar refractivity (Wildman–Crippen MR) is 97.0 cm³/mol. The highest BCUT2D eigenvalue weighted by molar-refractivity contribution is 7.84. The summed E-state index contributed by atoms with van der Waals surface area (Å²) in [5.74, 6) is 0.786. The predicted octanol–water partition coefficient (Wildman–Crippen LogP) is 3.45. The van der Waals surface area contributed by atoms with Crippen LogP contribution in [0, 0.1) is 6.92 Å². The molecule has 2 amide bonds. The highest BCUT2D eigenvalue weighted by Crippen LogP contribution is 2.21. The molecular weight excluding hydrogens is 324 g/mol. The van der Waals surface area contributed by atoms with Crippen molar-refractivity contribution in [3.63, 3.8) is 0 Å². The van der Waals surface area contributed by atoms with E-state index in [9.17, 15) is 9.00 Å². The summed E-state index contributed by atoms with van der Waals surface area (Å²) < 4.78 is 16.8. The van der Waals surface area contributed by atoms with Crippen molar-refractivity contribution in [3.05, 3.63) is 53.6 Å². The zero-order chi connectivity index (χ0) is 17.5. The van der Waals surface area contributed by atoms with Gasteiger partial charge in [0.1, 0.15) is 5.75 Å². The lowest BCUT2D eigenvalue weighted by Gasteiger charge is -2.12. The summed E-state index contributed by atoms with van der Waals surface area (Å²) in [6.45, 7) is 4.86. The number of amides is 2. The first kappa shape index (κ1) is 18.0. The van der Waals surface area contributed by atoms with Gasteiger partial charge in [-0.15, -0.1) is 0 Å².